The molecule has 240 valence electrons. The number of hydrogen-bond donors (Lipinski definition) is 1. The normalized spacial score (nSPS) is 13.5. The lowest BCUT2D eigenvalue weighted by molar-refractivity contribution is -0.385. The first kappa shape index (κ1) is 33.0. The van der Waals surface area contributed by atoms with Gasteiger partial charge in [-0.3, -0.25) is 10.1 Å². The highest BCUT2D eigenvalue weighted by atomic mass is 79.9. The Bertz CT molecular complexity index is 1720. The van der Waals surface area contributed by atoms with Gasteiger partial charge in [-0.15, -0.1) is 0 Å². The third-order valence-electron chi connectivity index (χ3n) is 7.29. The van der Waals surface area contributed by atoms with E-state index in [1.165, 1.54) is 42.5 Å². The van der Waals surface area contributed by atoms with E-state index in [-0.39, 0.29) is 23.0 Å². The number of ether oxygens (including phenoxy) is 2. The zero-order chi connectivity index (χ0) is 32.6. The fourth-order valence-corrected chi connectivity index (χ4v) is 5.38. The first-order valence-corrected chi connectivity index (χ1v) is 15.7. The highest BCUT2D eigenvalue weighted by Crippen LogP contribution is 2.33. The topological polar surface area (TPSA) is 92.5 Å². The van der Waals surface area contributed by atoms with Crippen molar-refractivity contribution in [3.05, 3.63) is 121 Å². The van der Waals surface area contributed by atoms with E-state index < -0.39 is 16.6 Å². The second kappa shape index (κ2) is 15.2. The van der Waals surface area contributed by atoms with Gasteiger partial charge in [0.05, 0.1) is 23.1 Å². The zero-order valence-corrected chi connectivity index (χ0v) is 27.2. The Balaban J connectivity index is 1.33. The van der Waals surface area contributed by atoms with Gasteiger partial charge < -0.3 is 24.6 Å². The Morgan fingerprint density at radius 3 is 2.46 bits per heavy atom. The molecule has 1 fully saturated rings. The molecule has 0 saturated carbocycles. The minimum Gasteiger partial charge on any atom is -0.487 e. The van der Waals surface area contributed by atoms with Crippen LogP contribution in [-0.2, 0) is 13.1 Å². The Labute approximate surface area is 278 Å². The van der Waals surface area contributed by atoms with E-state index in [1.54, 1.807) is 19.1 Å². The maximum atomic E-state index is 14.4. The molecule has 0 spiro atoms. The lowest BCUT2D eigenvalue weighted by Crippen LogP contribution is -2.52. The second-order valence-electron chi connectivity index (χ2n) is 10.4. The Kier molecular flexibility index (Phi) is 10.9. The number of nitrogens with one attached hydrogen (secondary N) is 1. The molecule has 1 aliphatic rings. The van der Waals surface area contributed by atoms with Crippen LogP contribution in [0, 0.1) is 21.7 Å². The van der Waals surface area contributed by atoms with Crippen molar-refractivity contribution in [2.45, 2.75) is 20.0 Å². The van der Waals surface area contributed by atoms with Crippen LogP contribution in [0.3, 0.4) is 0 Å². The molecule has 4 aromatic rings. The van der Waals surface area contributed by atoms with Crippen molar-refractivity contribution in [2.75, 3.05) is 37.7 Å². The fourth-order valence-electron chi connectivity index (χ4n) is 4.95. The predicted molar refractivity (Wildman–Crippen MR) is 178 cm³/mol. The van der Waals surface area contributed by atoms with Gasteiger partial charge in [-0.05, 0) is 61.0 Å². The maximum absolute atomic E-state index is 14.4. The van der Waals surface area contributed by atoms with Gasteiger partial charge in [0.1, 0.15) is 23.1 Å². The first-order chi connectivity index (χ1) is 22.2. The summed E-state index contributed by atoms with van der Waals surface area (Å²) < 4.78 is 40.5. The van der Waals surface area contributed by atoms with E-state index in [2.05, 4.69) is 31.0 Å². The lowest BCUT2D eigenvalue weighted by Gasteiger charge is -2.38. The van der Waals surface area contributed by atoms with Crippen LogP contribution in [0.5, 0.6) is 17.2 Å². The number of rotatable bonds is 10. The molecule has 0 unspecified atom stereocenters. The Morgan fingerprint density at radius 2 is 1.76 bits per heavy atom. The molecule has 1 N–H and O–H groups in total. The number of aliphatic imine (C=N–C) groups is 1. The van der Waals surface area contributed by atoms with E-state index in [9.17, 15) is 18.9 Å². The van der Waals surface area contributed by atoms with E-state index in [0.29, 0.717) is 62.4 Å². The summed E-state index contributed by atoms with van der Waals surface area (Å²) in [5, 5.41) is 14.7. The molecular weight excluding hydrogens is 684 g/mol. The molecule has 9 nitrogen and oxygen atoms in total. The van der Waals surface area contributed by atoms with Gasteiger partial charge in [0.25, 0.3) is 0 Å². The molecular formula is C33H31BrClF2N5O4. The molecule has 0 aliphatic carbocycles. The number of hydrogen-bond acceptors (Lipinski definition) is 6. The Hall–Kier alpha value is -4.42. The number of piperazine rings is 1. The molecule has 4 aromatic carbocycles. The molecule has 5 rings (SSSR count). The molecule has 0 radical (unpaired) electrons. The standard InChI is InChI=1S/C33H31BrClF2N5O4/c1-2-45-32-18-26(8-11-30(32)42(43)44)40-13-15-41(16-14-40)33(38-20-22-3-5-24(34)6-4-22)39-21-23-17-25(36)7-12-31(23)46-27-9-10-29(37)28(35)19-27/h3-12,17-19H,2,13-16,20-21H2,1H3,(H,38,39). The van der Waals surface area contributed by atoms with Gasteiger partial charge in [0, 0.05) is 66.6 Å². The van der Waals surface area contributed by atoms with Crippen LogP contribution < -0.4 is 19.7 Å². The average molecular weight is 715 g/mol. The molecule has 1 aliphatic heterocycles. The fraction of sp³-hybridized carbons (Fsp3) is 0.242. The monoisotopic (exact) mass is 713 g/mol. The third-order valence-corrected chi connectivity index (χ3v) is 8.11. The second-order valence-corrected chi connectivity index (χ2v) is 11.7. The molecule has 0 amide bonds. The summed E-state index contributed by atoms with van der Waals surface area (Å²) in [6, 6.07) is 21.0. The molecule has 46 heavy (non-hydrogen) atoms. The van der Waals surface area contributed by atoms with Gasteiger partial charge >= 0.3 is 5.69 Å². The highest BCUT2D eigenvalue weighted by molar-refractivity contribution is 9.10. The van der Waals surface area contributed by atoms with E-state index in [4.69, 9.17) is 26.1 Å². The molecule has 13 heteroatoms. The van der Waals surface area contributed by atoms with Crippen LogP contribution in [-0.4, -0.2) is 48.6 Å². The maximum Gasteiger partial charge on any atom is 0.311 e. The number of nitro groups is 1. The van der Waals surface area contributed by atoms with Gasteiger partial charge in [-0.1, -0.05) is 39.7 Å². The van der Waals surface area contributed by atoms with Gasteiger partial charge in [0.2, 0.25) is 0 Å². The number of halogens is 4. The molecule has 1 saturated heterocycles. The van der Waals surface area contributed by atoms with E-state index in [0.717, 1.165) is 15.7 Å². The van der Waals surface area contributed by atoms with Crippen LogP contribution >= 0.6 is 27.5 Å². The van der Waals surface area contributed by atoms with Crippen molar-refractivity contribution < 1.29 is 23.2 Å². The van der Waals surface area contributed by atoms with Crippen molar-refractivity contribution >= 4 is 44.9 Å². The summed E-state index contributed by atoms with van der Waals surface area (Å²) in [6.07, 6.45) is 0. The van der Waals surface area contributed by atoms with Crippen LogP contribution in [0.4, 0.5) is 20.2 Å². The van der Waals surface area contributed by atoms with Crippen LogP contribution in [0.15, 0.2) is 88.3 Å². The zero-order valence-electron chi connectivity index (χ0n) is 24.9. The number of anilines is 1. The van der Waals surface area contributed by atoms with E-state index >= 15 is 0 Å². The average Bonchev–Trinajstić information content (AvgIpc) is 3.05. The quantitative estimate of drug-likeness (QED) is 0.0772. The van der Waals surface area contributed by atoms with Crippen LogP contribution in [0.2, 0.25) is 5.02 Å². The molecule has 1 heterocycles. The Morgan fingerprint density at radius 1 is 1.00 bits per heavy atom. The first-order valence-electron chi connectivity index (χ1n) is 14.6. The van der Waals surface area contributed by atoms with Crippen LogP contribution in [0.25, 0.3) is 0 Å². The highest BCUT2D eigenvalue weighted by Gasteiger charge is 2.23. The summed E-state index contributed by atoms with van der Waals surface area (Å²) in [7, 11) is 0. The van der Waals surface area contributed by atoms with Crippen molar-refractivity contribution in [2.24, 2.45) is 4.99 Å². The number of nitrogens with zero attached hydrogens (tertiary/aromatic N) is 4. The van der Waals surface area contributed by atoms with Crippen molar-refractivity contribution in [3.63, 3.8) is 0 Å². The molecule has 0 bridgehead atoms. The van der Waals surface area contributed by atoms with Gasteiger partial charge in [-0.2, -0.15) is 0 Å². The minimum absolute atomic E-state index is 0.0704. The van der Waals surface area contributed by atoms with Gasteiger partial charge in [-0.25, -0.2) is 13.8 Å². The smallest absolute Gasteiger partial charge is 0.311 e. The summed E-state index contributed by atoms with van der Waals surface area (Å²) >= 11 is 9.39. The minimum atomic E-state index is -0.565. The molecule has 0 atom stereocenters. The summed E-state index contributed by atoms with van der Waals surface area (Å²) in [5.74, 6) is 0.571. The van der Waals surface area contributed by atoms with Crippen molar-refractivity contribution in [1.29, 1.82) is 0 Å². The van der Waals surface area contributed by atoms with E-state index in [1.807, 2.05) is 24.3 Å². The third kappa shape index (κ3) is 8.43. The largest absolute Gasteiger partial charge is 0.487 e. The number of benzene rings is 4. The van der Waals surface area contributed by atoms with Crippen LogP contribution in [0.1, 0.15) is 18.1 Å². The lowest BCUT2D eigenvalue weighted by atomic mass is 10.2. The summed E-state index contributed by atoms with van der Waals surface area (Å²) in [4.78, 5) is 20.1. The van der Waals surface area contributed by atoms with Crippen molar-refractivity contribution in [3.8, 4) is 17.2 Å². The predicted octanol–water partition coefficient (Wildman–Crippen LogP) is 7.95. The number of guanidine groups is 1. The van der Waals surface area contributed by atoms with Gasteiger partial charge in [0.15, 0.2) is 11.7 Å². The van der Waals surface area contributed by atoms with Crippen molar-refractivity contribution in [1.82, 2.24) is 10.2 Å². The number of nitro benzene ring substituents is 1. The molecule has 0 aromatic heterocycles. The summed E-state index contributed by atoms with van der Waals surface area (Å²) in [6.45, 7) is 5.18. The SMILES string of the molecule is CCOc1cc(N2CCN(C(=NCc3ccc(Br)cc3)NCc3cc(F)ccc3Oc3ccc(F)c(Cl)c3)CC2)ccc1[N+](=O)[O-]. The summed E-state index contributed by atoms with van der Waals surface area (Å²) in [5.41, 5.74) is 2.31.